The normalized spacial score (nSPS) is 18.9. The third-order valence-electron chi connectivity index (χ3n) is 5.35. The number of hydrogen-bond donors (Lipinski definition) is 1. The molecule has 1 saturated heterocycles. The summed E-state index contributed by atoms with van der Waals surface area (Å²) >= 11 is 0. The molecule has 10 nitrogen and oxygen atoms in total. The molecular formula is C19H17N7O3. The first kappa shape index (κ1) is 17.3. The van der Waals surface area contributed by atoms with Gasteiger partial charge in [-0.25, -0.2) is 9.67 Å². The Bertz CT molecular complexity index is 1160. The highest BCUT2D eigenvalue weighted by Crippen LogP contribution is 2.29. The van der Waals surface area contributed by atoms with E-state index in [1.54, 1.807) is 29.5 Å². The molecule has 1 fully saturated rings. The van der Waals surface area contributed by atoms with Crippen LogP contribution in [0.3, 0.4) is 0 Å². The summed E-state index contributed by atoms with van der Waals surface area (Å²) in [7, 11) is 1.87. The summed E-state index contributed by atoms with van der Waals surface area (Å²) in [5, 5.41) is 10.7. The maximum Gasteiger partial charge on any atom is 0.255 e. The molecule has 1 aromatic carbocycles. The van der Waals surface area contributed by atoms with Crippen molar-refractivity contribution >= 4 is 17.7 Å². The molecule has 10 heteroatoms. The number of fused-ring (bicyclic) bond motifs is 1. The first-order valence-electron chi connectivity index (χ1n) is 9.18. The molecule has 0 spiro atoms. The Balaban J connectivity index is 1.42. The van der Waals surface area contributed by atoms with E-state index in [4.69, 9.17) is 0 Å². The highest BCUT2D eigenvalue weighted by molar-refractivity contribution is 6.05. The van der Waals surface area contributed by atoms with Gasteiger partial charge in [-0.1, -0.05) is 11.3 Å². The largest absolute Gasteiger partial charge is 0.332 e. The van der Waals surface area contributed by atoms with E-state index in [0.717, 1.165) is 11.3 Å². The predicted octanol–water partition coefficient (Wildman–Crippen LogP) is 0.429. The first-order chi connectivity index (χ1) is 14.0. The summed E-state index contributed by atoms with van der Waals surface area (Å²) in [6, 6.07) is 4.85. The molecule has 1 N–H and O–H groups in total. The van der Waals surface area contributed by atoms with Crippen LogP contribution >= 0.6 is 0 Å². The molecule has 2 aliphatic heterocycles. The topological polar surface area (TPSA) is 115 Å². The van der Waals surface area contributed by atoms with Crippen molar-refractivity contribution in [1.29, 1.82) is 0 Å². The number of nitrogens with zero attached hydrogens (tertiary/aromatic N) is 6. The van der Waals surface area contributed by atoms with Gasteiger partial charge in [-0.3, -0.25) is 19.7 Å². The summed E-state index contributed by atoms with van der Waals surface area (Å²) in [5.41, 5.74) is 3.57. The zero-order valence-corrected chi connectivity index (χ0v) is 15.6. The number of carbonyl (C=O) groups is 3. The molecule has 146 valence electrons. The summed E-state index contributed by atoms with van der Waals surface area (Å²) in [4.78, 5) is 42.1. The van der Waals surface area contributed by atoms with Crippen LogP contribution in [-0.2, 0) is 23.2 Å². The van der Waals surface area contributed by atoms with E-state index in [9.17, 15) is 14.4 Å². The van der Waals surface area contributed by atoms with Crippen LogP contribution in [0.2, 0.25) is 0 Å². The molecule has 4 heterocycles. The molecule has 1 atom stereocenters. The number of nitrogens with one attached hydrogen (secondary N) is 1. The molecule has 0 bridgehead atoms. The van der Waals surface area contributed by atoms with Crippen LogP contribution in [0.1, 0.15) is 28.8 Å². The lowest BCUT2D eigenvalue weighted by atomic mass is 10.0. The molecule has 29 heavy (non-hydrogen) atoms. The van der Waals surface area contributed by atoms with Crippen molar-refractivity contribution in [3.63, 3.8) is 0 Å². The Morgan fingerprint density at radius 3 is 2.83 bits per heavy atom. The van der Waals surface area contributed by atoms with Crippen LogP contribution in [0.4, 0.5) is 0 Å². The molecule has 2 aromatic heterocycles. The van der Waals surface area contributed by atoms with E-state index in [1.807, 2.05) is 23.7 Å². The molecule has 5 rings (SSSR count). The highest BCUT2D eigenvalue weighted by Gasteiger charge is 2.39. The number of rotatable bonds is 3. The highest BCUT2D eigenvalue weighted by atomic mass is 16.2. The van der Waals surface area contributed by atoms with Gasteiger partial charge in [0, 0.05) is 25.6 Å². The molecule has 0 saturated carbocycles. The Hall–Kier alpha value is -3.82. The van der Waals surface area contributed by atoms with Crippen LogP contribution in [-0.4, -0.2) is 53.2 Å². The quantitative estimate of drug-likeness (QED) is 0.648. The Labute approximate surface area is 165 Å². The van der Waals surface area contributed by atoms with Gasteiger partial charge in [0.15, 0.2) is 0 Å². The van der Waals surface area contributed by atoms with Gasteiger partial charge in [0.2, 0.25) is 11.8 Å². The van der Waals surface area contributed by atoms with Gasteiger partial charge in [0.1, 0.15) is 11.7 Å². The number of aryl methyl sites for hydroxylation is 1. The smallest absolute Gasteiger partial charge is 0.255 e. The van der Waals surface area contributed by atoms with Crippen molar-refractivity contribution in [3.05, 3.63) is 48.0 Å². The van der Waals surface area contributed by atoms with Crippen molar-refractivity contribution in [2.24, 2.45) is 7.05 Å². The summed E-state index contributed by atoms with van der Waals surface area (Å²) in [5.74, 6) is -0.934. The summed E-state index contributed by atoms with van der Waals surface area (Å²) in [6.45, 7) is 0.346. The fraction of sp³-hybridized carbons (Fsp3) is 0.263. The van der Waals surface area contributed by atoms with E-state index in [0.29, 0.717) is 29.9 Å². The van der Waals surface area contributed by atoms with E-state index in [1.165, 1.54) is 4.90 Å². The minimum atomic E-state index is -0.626. The second-order valence-corrected chi connectivity index (χ2v) is 7.18. The van der Waals surface area contributed by atoms with E-state index in [-0.39, 0.29) is 18.2 Å². The van der Waals surface area contributed by atoms with Gasteiger partial charge in [0.25, 0.3) is 5.91 Å². The maximum absolute atomic E-state index is 12.9. The second kappa shape index (κ2) is 6.36. The lowest BCUT2D eigenvalue weighted by Crippen LogP contribution is -2.52. The van der Waals surface area contributed by atoms with Gasteiger partial charge in [-0.15, -0.1) is 5.10 Å². The Morgan fingerprint density at radius 2 is 2.07 bits per heavy atom. The third-order valence-corrected chi connectivity index (χ3v) is 5.35. The van der Waals surface area contributed by atoms with Gasteiger partial charge in [-0.2, -0.15) is 0 Å². The van der Waals surface area contributed by atoms with Crippen molar-refractivity contribution in [2.75, 3.05) is 0 Å². The number of imide groups is 1. The van der Waals surface area contributed by atoms with Crippen molar-refractivity contribution in [3.8, 4) is 17.1 Å². The van der Waals surface area contributed by atoms with Crippen molar-refractivity contribution in [2.45, 2.75) is 25.4 Å². The van der Waals surface area contributed by atoms with Gasteiger partial charge >= 0.3 is 0 Å². The zero-order chi connectivity index (χ0) is 20.1. The fourth-order valence-electron chi connectivity index (χ4n) is 3.80. The van der Waals surface area contributed by atoms with Gasteiger partial charge in [-0.05, 0) is 24.1 Å². The monoisotopic (exact) mass is 391 g/mol. The van der Waals surface area contributed by atoms with E-state index in [2.05, 4.69) is 20.6 Å². The van der Waals surface area contributed by atoms with Crippen LogP contribution in [0.5, 0.6) is 0 Å². The molecular weight excluding hydrogens is 374 g/mol. The average molecular weight is 391 g/mol. The summed E-state index contributed by atoms with van der Waals surface area (Å²) < 4.78 is 3.45. The SMILES string of the molecule is Cn1cncc1-c1cn(-c2ccc3c(c2)C(=O)N(C2CCC(=O)NC2=O)C3)nn1. The molecule has 3 aromatic rings. The average Bonchev–Trinajstić information content (AvgIpc) is 3.41. The third kappa shape index (κ3) is 2.80. The number of aromatic nitrogens is 5. The van der Waals surface area contributed by atoms with Crippen LogP contribution in [0, 0.1) is 0 Å². The molecule has 0 radical (unpaired) electrons. The zero-order valence-electron chi connectivity index (χ0n) is 15.6. The maximum atomic E-state index is 12.9. The van der Waals surface area contributed by atoms with E-state index < -0.39 is 11.9 Å². The van der Waals surface area contributed by atoms with Crippen molar-refractivity contribution < 1.29 is 14.4 Å². The summed E-state index contributed by atoms with van der Waals surface area (Å²) in [6.07, 6.45) is 5.74. The Morgan fingerprint density at radius 1 is 1.21 bits per heavy atom. The lowest BCUT2D eigenvalue weighted by Gasteiger charge is -2.29. The van der Waals surface area contributed by atoms with Crippen LogP contribution in [0.15, 0.2) is 36.9 Å². The van der Waals surface area contributed by atoms with Crippen LogP contribution in [0.25, 0.3) is 17.1 Å². The van der Waals surface area contributed by atoms with Crippen LogP contribution < -0.4 is 5.32 Å². The fourth-order valence-corrected chi connectivity index (χ4v) is 3.80. The number of piperidine rings is 1. The molecule has 0 aliphatic carbocycles. The van der Waals surface area contributed by atoms with Gasteiger partial charge in [0.05, 0.1) is 30.1 Å². The Kier molecular flexibility index (Phi) is 3.79. The number of amides is 3. The minimum absolute atomic E-state index is 0.219. The standard InChI is InChI=1S/C19H17N7O3/c1-24-10-20-7-16(24)14-9-26(23-22-14)12-3-2-11-8-25(19(29)13(11)6-12)15-4-5-17(27)21-18(15)28/h2-3,6-7,9-10,15H,4-5,8H2,1H3,(H,21,27,28). The molecule has 3 amide bonds. The van der Waals surface area contributed by atoms with Gasteiger partial charge < -0.3 is 9.47 Å². The number of imidazole rings is 1. The minimum Gasteiger partial charge on any atom is -0.332 e. The predicted molar refractivity (Wildman–Crippen MR) is 99.6 cm³/mol. The second-order valence-electron chi connectivity index (χ2n) is 7.18. The first-order valence-corrected chi connectivity index (χ1v) is 9.18. The lowest BCUT2D eigenvalue weighted by molar-refractivity contribution is -0.136. The van der Waals surface area contributed by atoms with Crippen molar-refractivity contribution in [1.82, 2.24) is 34.8 Å². The molecule has 1 unspecified atom stereocenters. The van der Waals surface area contributed by atoms with E-state index >= 15 is 0 Å². The molecule has 2 aliphatic rings. The number of hydrogen-bond acceptors (Lipinski definition) is 6. The number of benzene rings is 1. The number of carbonyl (C=O) groups excluding carboxylic acids is 3.